The Labute approximate surface area is 106 Å². The summed E-state index contributed by atoms with van der Waals surface area (Å²) in [6, 6.07) is 10.1. The maximum atomic E-state index is 13.1. The van der Waals surface area contributed by atoms with Gasteiger partial charge in [0.15, 0.2) is 0 Å². The van der Waals surface area contributed by atoms with Crippen molar-refractivity contribution in [1.29, 1.82) is 0 Å². The summed E-state index contributed by atoms with van der Waals surface area (Å²) < 4.78 is 13.1. The van der Waals surface area contributed by atoms with Crippen LogP contribution in [0.15, 0.2) is 36.4 Å². The van der Waals surface area contributed by atoms with Crippen molar-refractivity contribution in [2.24, 2.45) is 0 Å². The van der Waals surface area contributed by atoms with E-state index in [0.717, 1.165) is 17.1 Å². The zero-order valence-corrected chi connectivity index (χ0v) is 10.4. The molecule has 0 aliphatic carbocycles. The normalized spacial score (nSPS) is 12.2. The van der Waals surface area contributed by atoms with E-state index in [1.807, 2.05) is 32.0 Å². The van der Waals surface area contributed by atoms with Gasteiger partial charge in [0.05, 0.1) is 17.4 Å². The molecule has 2 rings (SSSR count). The third kappa shape index (κ3) is 2.77. The third-order valence-corrected chi connectivity index (χ3v) is 2.84. The van der Waals surface area contributed by atoms with Gasteiger partial charge in [-0.1, -0.05) is 12.1 Å². The summed E-state index contributed by atoms with van der Waals surface area (Å²) in [7, 11) is 0. The molecule has 0 aliphatic heterocycles. The number of nitrogens with one attached hydrogen (secondary N) is 1. The monoisotopic (exact) mass is 245 g/mol. The molecule has 0 amide bonds. The van der Waals surface area contributed by atoms with Gasteiger partial charge in [0, 0.05) is 0 Å². The molecular formula is C14H16FN3. The number of nitrogens with two attached hydrogens (primary N) is 1. The molecule has 0 radical (unpaired) electrons. The fourth-order valence-electron chi connectivity index (χ4n) is 1.73. The number of nitrogens with zero attached hydrogens (tertiary/aromatic N) is 1. The lowest BCUT2D eigenvalue weighted by Gasteiger charge is -2.15. The van der Waals surface area contributed by atoms with E-state index in [9.17, 15) is 4.39 Å². The van der Waals surface area contributed by atoms with Crippen molar-refractivity contribution in [2.75, 3.05) is 11.1 Å². The van der Waals surface area contributed by atoms with Crippen LogP contribution in [0.5, 0.6) is 0 Å². The van der Waals surface area contributed by atoms with Crippen molar-refractivity contribution < 1.29 is 4.39 Å². The molecule has 0 saturated carbocycles. The Morgan fingerprint density at radius 2 is 2.06 bits per heavy atom. The Bertz CT molecular complexity index is 554. The van der Waals surface area contributed by atoms with Gasteiger partial charge in [0.1, 0.15) is 11.6 Å². The van der Waals surface area contributed by atoms with E-state index in [-0.39, 0.29) is 11.9 Å². The average molecular weight is 245 g/mol. The van der Waals surface area contributed by atoms with Crippen LogP contribution in [-0.2, 0) is 0 Å². The second kappa shape index (κ2) is 5.04. The Hall–Kier alpha value is -2.10. The van der Waals surface area contributed by atoms with Gasteiger partial charge in [-0.15, -0.1) is 0 Å². The molecule has 2 aromatic rings. The number of anilines is 2. The first-order valence-electron chi connectivity index (χ1n) is 5.81. The predicted octanol–water partition coefficient (Wildman–Crippen LogP) is 3.28. The van der Waals surface area contributed by atoms with Gasteiger partial charge in [-0.3, -0.25) is 0 Å². The standard InChI is InChI=1S/C14H16FN3/c1-9(11-4-3-5-12(15)8-11)17-14-7-6-13(16)10(2)18-14/h3-9H,16H2,1-2H3,(H,17,18). The van der Waals surface area contributed by atoms with Crippen molar-refractivity contribution in [2.45, 2.75) is 19.9 Å². The highest BCUT2D eigenvalue weighted by Crippen LogP contribution is 2.20. The van der Waals surface area contributed by atoms with Crippen LogP contribution in [0.1, 0.15) is 24.2 Å². The van der Waals surface area contributed by atoms with E-state index < -0.39 is 0 Å². The molecule has 1 aromatic carbocycles. The van der Waals surface area contributed by atoms with Crippen molar-refractivity contribution in [3.8, 4) is 0 Å². The second-order valence-corrected chi connectivity index (χ2v) is 4.29. The third-order valence-electron chi connectivity index (χ3n) is 2.84. The lowest BCUT2D eigenvalue weighted by Crippen LogP contribution is -2.09. The summed E-state index contributed by atoms with van der Waals surface area (Å²) >= 11 is 0. The van der Waals surface area contributed by atoms with Gasteiger partial charge in [0.25, 0.3) is 0 Å². The van der Waals surface area contributed by atoms with E-state index in [1.165, 1.54) is 12.1 Å². The van der Waals surface area contributed by atoms with Gasteiger partial charge >= 0.3 is 0 Å². The number of hydrogen-bond acceptors (Lipinski definition) is 3. The molecule has 1 atom stereocenters. The summed E-state index contributed by atoms with van der Waals surface area (Å²) in [6.45, 7) is 3.81. The van der Waals surface area contributed by atoms with E-state index in [0.29, 0.717) is 5.69 Å². The van der Waals surface area contributed by atoms with E-state index in [2.05, 4.69) is 10.3 Å². The molecule has 0 saturated heterocycles. The second-order valence-electron chi connectivity index (χ2n) is 4.29. The molecule has 4 heteroatoms. The first-order valence-corrected chi connectivity index (χ1v) is 5.81. The maximum absolute atomic E-state index is 13.1. The van der Waals surface area contributed by atoms with E-state index >= 15 is 0 Å². The first-order chi connectivity index (χ1) is 8.56. The van der Waals surface area contributed by atoms with Crippen LogP contribution in [0.25, 0.3) is 0 Å². The summed E-state index contributed by atoms with van der Waals surface area (Å²) in [6.07, 6.45) is 0. The molecule has 18 heavy (non-hydrogen) atoms. The highest BCUT2D eigenvalue weighted by molar-refractivity contribution is 5.49. The first kappa shape index (κ1) is 12.4. The minimum atomic E-state index is -0.234. The molecule has 0 spiro atoms. The van der Waals surface area contributed by atoms with Crippen LogP contribution in [0.2, 0.25) is 0 Å². The van der Waals surface area contributed by atoms with Crippen LogP contribution in [0.3, 0.4) is 0 Å². The molecule has 0 aliphatic rings. The SMILES string of the molecule is Cc1nc(NC(C)c2cccc(F)c2)ccc1N. The Morgan fingerprint density at radius 3 is 2.72 bits per heavy atom. The molecule has 94 valence electrons. The van der Waals surface area contributed by atoms with Crippen molar-refractivity contribution in [3.63, 3.8) is 0 Å². The lowest BCUT2D eigenvalue weighted by atomic mass is 10.1. The zero-order valence-electron chi connectivity index (χ0n) is 10.4. The zero-order chi connectivity index (χ0) is 13.1. The van der Waals surface area contributed by atoms with Crippen molar-refractivity contribution in [3.05, 3.63) is 53.5 Å². The number of rotatable bonds is 3. The van der Waals surface area contributed by atoms with Crippen LogP contribution in [-0.4, -0.2) is 4.98 Å². The summed E-state index contributed by atoms with van der Waals surface area (Å²) in [5, 5.41) is 3.22. The van der Waals surface area contributed by atoms with Gasteiger partial charge < -0.3 is 11.1 Å². The minimum absolute atomic E-state index is 0.0174. The highest BCUT2D eigenvalue weighted by Gasteiger charge is 2.07. The van der Waals surface area contributed by atoms with E-state index in [1.54, 1.807) is 6.07 Å². The average Bonchev–Trinajstić information content (AvgIpc) is 2.34. The fourth-order valence-corrected chi connectivity index (χ4v) is 1.73. The quantitative estimate of drug-likeness (QED) is 0.872. The number of benzene rings is 1. The summed E-state index contributed by atoms with van der Waals surface area (Å²) in [5.41, 5.74) is 8.04. The lowest BCUT2D eigenvalue weighted by molar-refractivity contribution is 0.623. The number of halogens is 1. The molecule has 1 aromatic heterocycles. The predicted molar refractivity (Wildman–Crippen MR) is 71.8 cm³/mol. The van der Waals surface area contributed by atoms with Crippen LogP contribution >= 0.6 is 0 Å². The number of pyridine rings is 1. The van der Waals surface area contributed by atoms with Crippen LogP contribution in [0, 0.1) is 12.7 Å². The Kier molecular flexibility index (Phi) is 3.46. The number of aromatic nitrogens is 1. The van der Waals surface area contributed by atoms with Crippen LogP contribution in [0.4, 0.5) is 15.9 Å². The fraction of sp³-hybridized carbons (Fsp3) is 0.214. The number of aryl methyl sites for hydroxylation is 1. The minimum Gasteiger partial charge on any atom is -0.397 e. The largest absolute Gasteiger partial charge is 0.397 e. The van der Waals surface area contributed by atoms with Gasteiger partial charge in [-0.25, -0.2) is 9.37 Å². The molecule has 1 heterocycles. The van der Waals surface area contributed by atoms with Crippen LogP contribution < -0.4 is 11.1 Å². The highest BCUT2D eigenvalue weighted by atomic mass is 19.1. The molecule has 0 bridgehead atoms. The number of hydrogen-bond donors (Lipinski definition) is 2. The molecule has 0 fully saturated rings. The van der Waals surface area contributed by atoms with Gasteiger partial charge in [-0.05, 0) is 43.7 Å². The Balaban J connectivity index is 2.16. The number of nitrogen functional groups attached to an aromatic ring is 1. The topological polar surface area (TPSA) is 50.9 Å². The molecular weight excluding hydrogens is 229 g/mol. The van der Waals surface area contributed by atoms with Gasteiger partial charge in [0.2, 0.25) is 0 Å². The van der Waals surface area contributed by atoms with Crippen molar-refractivity contribution >= 4 is 11.5 Å². The smallest absolute Gasteiger partial charge is 0.126 e. The van der Waals surface area contributed by atoms with Gasteiger partial charge in [-0.2, -0.15) is 0 Å². The van der Waals surface area contributed by atoms with E-state index in [4.69, 9.17) is 5.73 Å². The molecule has 3 nitrogen and oxygen atoms in total. The summed E-state index contributed by atoms with van der Waals surface area (Å²) in [5.74, 6) is 0.501. The molecule has 3 N–H and O–H groups in total. The maximum Gasteiger partial charge on any atom is 0.126 e. The van der Waals surface area contributed by atoms with Crippen molar-refractivity contribution in [1.82, 2.24) is 4.98 Å². The summed E-state index contributed by atoms with van der Waals surface area (Å²) in [4.78, 5) is 4.33. The molecule has 1 unspecified atom stereocenters. The Morgan fingerprint density at radius 1 is 1.28 bits per heavy atom.